The molecule has 1 aliphatic heterocycles. The fourth-order valence-electron chi connectivity index (χ4n) is 5.99. The second kappa shape index (κ2) is 12.4. The van der Waals surface area contributed by atoms with Gasteiger partial charge in [-0.1, -0.05) is 53.1 Å². The summed E-state index contributed by atoms with van der Waals surface area (Å²) in [5, 5.41) is 43.4. The van der Waals surface area contributed by atoms with E-state index in [0.717, 1.165) is 20.5 Å². The van der Waals surface area contributed by atoms with Crippen LogP contribution in [0.4, 0.5) is 11.4 Å². The molecule has 10 heteroatoms. The fourth-order valence-corrected chi connectivity index (χ4v) is 6.37. The van der Waals surface area contributed by atoms with Gasteiger partial charge in [0.1, 0.15) is 5.75 Å². The number of anilines is 1. The molecular weight excluding hydrogens is 580 g/mol. The Hall–Kier alpha value is -3.34. The van der Waals surface area contributed by atoms with E-state index >= 15 is 0 Å². The van der Waals surface area contributed by atoms with Gasteiger partial charge in [0, 0.05) is 28.1 Å². The SMILES string of the molecule is CCC1=C([C@H](O)CC/C(=C/c2cc(Br)ccc2O)CC)[C@H](CO)[C@@H]2C(=O)N(c3cccc([N+](=O)[O-])c3)C(=O)[C@@H]2C1. The van der Waals surface area contributed by atoms with Gasteiger partial charge in [-0.15, -0.1) is 0 Å². The largest absolute Gasteiger partial charge is 0.507 e. The zero-order valence-corrected chi connectivity index (χ0v) is 24.0. The van der Waals surface area contributed by atoms with E-state index in [0.29, 0.717) is 36.8 Å². The van der Waals surface area contributed by atoms with Gasteiger partial charge in [0.05, 0.1) is 35.2 Å². The number of phenolic OH excluding ortho intramolecular Hbond substituents is 1. The van der Waals surface area contributed by atoms with Gasteiger partial charge < -0.3 is 15.3 Å². The van der Waals surface area contributed by atoms with E-state index in [1.165, 1.54) is 24.3 Å². The van der Waals surface area contributed by atoms with Crippen molar-refractivity contribution in [2.45, 2.75) is 52.1 Å². The van der Waals surface area contributed by atoms with Crippen molar-refractivity contribution in [2.75, 3.05) is 11.5 Å². The minimum Gasteiger partial charge on any atom is -0.507 e. The first kappa shape index (κ1) is 29.6. The summed E-state index contributed by atoms with van der Waals surface area (Å²) in [7, 11) is 0. The summed E-state index contributed by atoms with van der Waals surface area (Å²) in [6, 6.07) is 10.6. The minimum atomic E-state index is -0.936. The molecule has 1 heterocycles. The van der Waals surface area contributed by atoms with E-state index in [2.05, 4.69) is 15.9 Å². The summed E-state index contributed by atoms with van der Waals surface area (Å²) in [5.74, 6) is -3.13. The molecule has 1 fully saturated rings. The number of allylic oxidation sites excluding steroid dienone is 2. The van der Waals surface area contributed by atoms with E-state index < -0.39 is 47.2 Å². The highest BCUT2D eigenvalue weighted by molar-refractivity contribution is 9.10. The number of nitro groups is 1. The highest BCUT2D eigenvalue weighted by atomic mass is 79.9. The van der Waals surface area contributed by atoms with Gasteiger partial charge in [0.25, 0.3) is 5.69 Å². The number of halogens is 1. The molecule has 2 amide bonds. The van der Waals surface area contributed by atoms with Crippen molar-refractivity contribution in [3.63, 3.8) is 0 Å². The number of hydrogen-bond acceptors (Lipinski definition) is 7. The molecule has 0 radical (unpaired) electrons. The number of aliphatic hydroxyl groups excluding tert-OH is 2. The van der Waals surface area contributed by atoms with Crippen molar-refractivity contribution in [1.82, 2.24) is 0 Å². The number of benzene rings is 2. The Morgan fingerprint density at radius 1 is 1.20 bits per heavy atom. The maximum absolute atomic E-state index is 13.6. The van der Waals surface area contributed by atoms with Crippen molar-refractivity contribution in [1.29, 1.82) is 0 Å². The predicted molar refractivity (Wildman–Crippen MR) is 154 cm³/mol. The van der Waals surface area contributed by atoms with E-state index in [9.17, 15) is 35.0 Å². The van der Waals surface area contributed by atoms with Crippen LogP contribution >= 0.6 is 15.9 Å². The van der Waals surface area contributed by atoms with Crippen LogP contribution in [0.5, 0.6) is 5.75 Å². The second-order valence-corrected chi connectivity index (χ2v) is 11.2. The molecule has 0 unspecified atom stereocenters. The molecule has 3 N–H and O–H groups in total. The monoisotopic (exact) mass is 612 g/mol. The average molecular weight is 614 g/mol. The smallest absolute Gasteiger partial charge is 0.271 e. The molecule has 9 nitrogen and oxygen atoms in total. The van der Waals surface area contributed by atoms with Gasteiger partial charge in [-0.3, -0.25) is 19.7 Å². The first-order valence-corrected chi connectivity index (χ1v) is 14.2. The van der Waals surface area contributed by atoms with Crippen LogP contribution in [0.3, 0.4) is 0 Å². The number of imide groups is 1. The topological polar surface area (TPSA) is 141 Å². The lowest BCUT2D eigenvalue weighted by Gasteiger charge is -2.36. The van der Waals surface area contributed by atoms with E-state index in [1.54, 1.807) is 12.1 Å². The van der Waals surface area contributed by atoms with Gasteiger partial charge in [-0.05, 0) is 61.9 Å². The number of nitrogens with zero attached hydrogens (tertiary/aromatic N) is 2. The van der Waals surface area contributed by atoms with Crippen LogP contribution in [0.2, 0.25) is 0 Å². The van der Waals surface area contributed by atoms with Crippen molar-refractivity contribution in [3.05, 3.63) is 79.3 Å². The molecule has 4 rings (SSSR count). The van der Waals surface area contributed by atoms with Gasteiger partial charge in [0.2, 0.25) is 11.8 Å². The number of non-ortho nitro benzene ring substituents is 1. The number of nitro benzene ring substituents is 1. The van der Waals surface area contributed by atoms with Gasteiger partial charge in [-0.25, -0.2) is 4.90 Å². The van der Waals surface area contributed by atoms with Gasteiger partial charge >= 0.3 is 0 Å². The normalized spacial score (nSPS) is 22.1. The first-order chi connectivity index (χ1) is 19.1. The lowest BCUT2D eigenvalue weighted by atomic mass is 9.67. The summed E-state index contributed by atoms with van der Waals surface area (Å²) in [5.41, 5.74) is 3.04. The lowest BCUT2D eigenvalue weighted by molar-refractivity contribution is -0.384. The zero-order valence-electron chi connectivity index (χ0n) is 22.4. The molecule has 0 bridgehead atoms. The minimum absolute atomic E-state index is 0.129. The Balaban J connectivity index is 1.60. The number of aromatic hydroxyl groups is 1. The quantitative estimate of drug-likeness (QED) is 0.139. The van der Waals surface area contributed by atoms with Crippen molar-refractivity contribution >= 4 is 45.2 Å². The average Bonchev–Trinajstić information content (AvgIpc) is 3.20. The Labute approximate surface area is 241 Å². The molecule has 0 saturated carbocycles. The first-order valence-electron chi connectivity index (χ1n) is 13.4. The maximum Gasteiger partial charge on any atom is 0.271 e. The third-order valence-corrected chi connectivity index (χ3v) is 8.50. The Morgan fingerprint density at radius 2 is 1.95 bits per heavy atom. The summed E-state index contributed by atoms with van der Waals surface area (Å²) in [6.07, 6.45) is 3.38. The summed E-state index contributed by atoms with van der Waals surface area (Å²) in [4.78, 5) is 38.8. The Bertz CT molecular complexity index is 1390. The zero-order chi connectivity index (χ0) is 29.1. The summed E-state index contributed by atoms with van der Waals surface area (Å²) < 4.78 is 0.835. The molecule has 4 atom stereocenters. The second-order valence-electron chi connectivity index (χ2n) is 10.2. The van der Waals surface area contributed by atoms with Crippen LogP contribution in [0.1, 0.15) is 51.5 Å². The number of rotatable bonds is 10. The molecule has 2 aliphatic rings. The van der Waals surface area contributed by atoms with E-state index in [-0.39, 0.29) is 23.5 Å². The standard InChI is InChI=1S/C30H33BrN2O7/c1-3-17(12-19-13-20(31)9-11-25(19)35)8-10-26(36)27-18(4-2)14-23-28(24(27)16-34)30(38)32(29(23)37)21-6-5-7-22(15-21)33(39)40/h5-7,9,11-13,15,23-24,26,28,34-36H,3-4,8,10,14,16H2,1-2H3/b17-12+/t23-,24+,26-,28-/m1/s1. The van der Waals surface area contributed by atoms with Crippen LogP contribution < -0.4 is 4.90 Å². The van der Waals surface area contributed by atoms with Crippen LogP contribution in [-0.2, 0) is 9.59 Å². The van der Waals surface area contributed by atoms with E-state index in [1.807, 2.05) is 26.0 Å². The van der Waals surface area contributed by atoms with E-state index in [4.69, 9.17) is 0 Å². The molecular formula is C30H33BrN2O7. The van der Waals surface area contributed by atoms with Gasteiger partial charge in [-0.2, -0.15) is 0 Å². The predicted octanol–water partition coefficient (Wildman–Crippen LogP) is 5.52. The fraction of sp³-hybridized carbons (Fsp3) is 0.400. The molecule has 0 spiro atoms. The number of amides is 2. The molecule has 40 heavy (non-hydrogen) atoms. The Kier molecular flexibility index (Phi) is 9.22. The number of fused-ring (bicyclic) bond motifs is 1. The number of aliphatic hydroxyl groups is 2. The van der Waals surface area contributed by atoms with Crippen molar-refractivity contribution in [3.8, 4) is 5.75 Å². The highest BCUT2D eigenvalue weighted by Gasteiger charge is 2.55. The highest BCUT2D eigenvalue weighted by Crippen LogP contribution is 2.48. The molecule has 0 aromatic heterocycles. The summed E-state index contributed by atoms with van der Waals surface area (Å²) in [6.45, 7) is 3.50. The Morgan fingerprint density at radius 3 is 2.60 bits per heavy atom. The molecule has 2 aromatic carbocycles. The number of phenols is 1. The van der Waals surface area contributed by atoms with Crippen LogP contribution in [-0.4, -0.2) is 44.8 Å². The van der Waals surface area contributed by atoms with Gasteiger partial charge in [0.15, 0.2) is 0 Å². The summed E-state index contributed by atoms with van der Waals surface area (Å²) >= 11 is 3.42. The number of carbonyl (C=O) groups excluding carboxylic acids is 2. The van der Waals surface area contributed by atoms with Crippen molar-refractivity contribution < 1.29 is 29.8 Å². The van der Waals surface area contributed by atoms with Crippen LogP contribution in [0.25, 0.3) is 6.08 Å². The van der Waals surface area contributed by atoms with Crippen molar-refractivity contribution in [2.24, 2.45) is 17.8 Å². The van der Waals surface area contributed by atoms with Crippen LogP contribution in [0.15, 0.2) is 63.7 Å². The molecule has 2 aromatic rings. The molecule has 212 valence electrons. The third kappa shape index (κ3) is 5.75. The maximum atomic E-state index is 13.6. The number of hydrogen-bond donors (Lipinski definition) is 3. The number of carbonyl (C=O) groups is 2. The third-order valence-electron chi connectivity index (χ3n) is 8.01. The molecule has 1 saturated heterocycles. The van der Waals surface area contributed by atoms with Crippen LogP contribution in [0, 0.1) is 27.9 Å². The molecule has 1 aliphatic carbocycles. The lowest BCUT2D eigenvalue weighted by Crippen LogP contribution is -2.39.